The highest BCUT2D eigenvalue weighted by atomic mass is 16.5. The van der Waals surface area contributed by atoms with E-state index in [9.17, 15) is 9.59 Å². The Bertz CT molecular complexity index is 831. The number of Topliss-reactive ketones (excluding diaryl/α,β-unsaturated/α-hetero) is 1. The van der Waals surface area contributed by atoms with Gasteiger partial charge in [0.05, 0.1) is 30.6 Å². The van der Waals surface area contributed by atoms with Crippen molar-refractivity contribution in [2.75, 3.05) is 39.8 Å². The van der Waals surface area contributed by atoms with Crippen LogP contribution in [0, 0.1) is 20.8 Å². The first-order chi connectivity index (χ1) is 12.9. The van der Waals surface area contributed by atoms with Gasteiger partial charge in [-0.15, -0.1) is 0 Å². The molecule has 0 saturated carbocycles. The summed E-state index contributed by atoms with van der Waals surface area (Å²) in [6.07, 6.45) is 0. The van der Waals surface area contributed by atoms with E-state index in [1.165, 1.54) is 7.11 Å². The van der Waals surface area contributed by atoms with Crippen LogP contribution in [-0.2, 0) is 11.3 Å². The fourth-order valence-electron chi connectivity index (χ4n) is 3.55. The number of nitrogens with one attached hydrogen (secondary N) is 1. The second kappa shape index (κ2) is 8.06. The summed E-state index contributed by atoms with van der Waals surface area (Å²) in [7, 11) is 1.34. The summed E-state index contributed by atoms with van der Waals surface area (Å²) < 4.78 is 9.91. The number of piperazine rings is 1. The highest BCUT2D eigenvalue weighted by Gasteiger charge is 2.25. The number of carbonyl (C=O) groups is 2. The Labute approximate surface area is 158 Å². The van der Waals surface area contributed by atoms with E-state index < -0.39 is 5.97 Å². The smallest absolute Gasteiger partial charge is 0.339 e. The summed E-state index contributed by atoms with van der Waals surface area (Å²) in [5, 5.41) is 4.03. The summed E-state index contributed by atoms with van der Waals surface area (Å²) in [5.41, 5.74) is 3.20. The largest absolute Gasteiger partial charge is 0.465 e. The molecule has 8 heteroatoms. The topological polar surface area (TPSA) is 91.7 Å². The number of H-pyrrole nitrogens is 1. The van der Waals surface area contributed by atoms with Gasteiger partial charge < -0.3 is 14.2 Å². The fourth-order valence-corrected chi connectivity index (χ4v) is 3.55. The molecule has 0 bridgehead atoms. The average molecular weight is 374 g/mol. The molecular formula is C19H26N4O4. The minimum atomic E-state index is -0.419. The molecule has 1 saturated heterocycles. The third-order valence-corrected chi connectivity index (χ3v) is 5.00. The van der Waals surface area contributed by atoms with E-state index in [0.717, 1.165) is 44.2 Å². The Kier molecular flexibility index (Phi) is 5.76. The molecular weight excluding hydrogens is 348 g/mol. The van der Waals surface area contributed by atoms with Crippen LogP contribution in [0.25, 0.3) is 0 Å². The van der Waals surface area contributed by atoms with Gasteiger partial charge in [-0.05, 0) is 26.3 Å². The molecule has 1 aliphatic rings. The van der Waals surface area contributed by atoms with Gasteiger partial charge in [0.25, 0.3) is 0 Å². The van der Waals surface area contributed by atoms with Crippen molar-refractivity contribution in [3.63, 3.8) is 0 Å². The molecule has 1 N–H and O–H groups in total. The molecule has 0 aliphatic carbocycles. The Morgan fingerprint density at radius 1 is 1.19 bits per heavy atom. The molecule has 0 radical (unpaired) electrons. The standard InChI is InChI=1S/C19H26N4O4/c1-12-9-15(21-27-12)10-22-5-7-23(8-6-22)11-16(24)18-13(2)17(14(3)20-18)19(25)26-4/h9,20H,5-8,10-11H2,1-4H3. The van der Waals surface area contributed by atoms with Crippen LogP contribution >= 0.6 is 0 Å². The number of nitrogens with zero attached hydrogens (tertiary/aromatic N) is 3. The van der Waals surface area contributed by atoms with Gasteiger partial charge in [-0.1, -0.05) is 5.16 Å². The van der Waals surface area contributed by atoms with Crippen molar-refractivity contribution in [3.05, 3.63) is 40.0 Å². The molecule has 8 nitrogen and oxygen atoms in total. The lowest BCUT2D eigenvalue weighted by atomic mass is 10.1. The first kappa shape index (κ1) is 19.3. The zero-order chi connectivity index (χ0) is 19.6. The summed E-state index contributed by atoms with van der Waals surface area (Å²) in [4.78, 5) is 32.1. The molecule has 1 aliphatic heterocycles. The molecule has 27 heavy (non-hydrogen) atoms. The number of hydrogen-bond acceptors (Lipinski definition) is 7. The van der Waals surface area contributed by atoms with Crippen molar-refractivity contribution in [2.24, 2.45) is 0 Å². The monoisotopic (exact) mass is 374 g/mol. The second-order valence-electron chi connectivity index (χ2n) is 7.02. The van der Waals surface area contributed by atoms with E-state index >= 15 is 0 Å². The first-order valence-electron chi connectivity index (χ1n) is 9.06. The summed E-state index contributed by atoms with van der Waals surface area (Å²) in [5.74, 6) is 0.389. The first-order valence-corrected chi connectivity index (χ1v) is 9.06. The number of aromatic amines is 1. The van der Waals surface area contributed by atoms with E-state index in [0.29, 0.717) is 29.1 Å². The van der Waals surface area contributed by atoms with Gasteiger partial charge in [0.15, 0.2) is 5.78 Å². The lowest BCUT2D eigenvalue weighted by molar-refractivity contribution is 0.0599. The molecule has 3 heterocycles. The lowest BCUT2D eigenvalue weighted by Crippen LogP contribution is -2.47. The van der Waals surface area contributed by atoms with E-state index in [-0.39, 0.29) is 5.78 Å². The quantitative estimate of drug-likeness (QED) is 0.608. The predicted octanol–water partition coefficient (Wildman–Crippen LogP) is 1.72. The number of methoxy groups -OCH3 is 1. The maximum Gasteiger partial charge on any atom is 0.339 e. The van der Waals surface area contributed by atoms with Gasteiger partial charge in [-0.2, -0.15) is 0 Å². The highest BCUT2D eigenvalue weighted by Crippen LogP contribution is 2.20. The molecule has 146 valence electrons. The molecule has 0 aromatic carbocycles. The summed E-state index contributed by atoms with van der Waals surface area (Å²) in [6, 6.07) is 1.95. The SMILES string of the molecule is COC(=O)c1c(C)[nH]c(C(=O)CN2CCN(Cc3cc(C)on3)CC2)c1C. The minimum Gasteiger partial charge on any atom is -0.465 e. The lowest BCUT2D eigenvalue weighted by Gasteiger charge is -2.33. The van der Waals surface area contributed by atoms with E-state index in [1.807, 2.05) is 13.0 Å². The Morgan fingerprint density at radius 3 is 2.44 bits per heavy atom. The molecule has 2 aromatic rings. The van der Waals surface area contributed by atoms with Gasteiger partial charge in [0.1, 0.15) is 5.76 Å². The Balaban J connectivity index is 1.56. The molecule has 0 spiro atoms. The number of esters is 1. The van der Waals surface area contributed by atoms with Crippen molar-refractivity contribution in [1.29, 1.82) is 0 Å². The van der Waals surface area contributed by atoms with Gasteiger partial charge >= 0.3 is 5.97 Å². The second-order valence-corrected chi connectivity index (χ2v) is 7.02. The van der Waals surface area contributed by atoms with Crippen molar-refractivity contribution >= 4 is 11.8 Å². The van der Waals surface area contributed by atoms with Crippen molar-refractivity contribution in [1.82, 2.24) is 19.9 Å². The van der Waals surface area contributed by atoms with E-state index in [1.54, 1.807) is 13.8 Å². The molecule has 0 unspecified atom stereocenters. The minimum absolute atomic E-state index is 0.00803. The number of carbonyl (C=O) groups excluding carboxylic acids is 2. The van der Waals surface area contributed by atoms with Crippen molar-refractivity contribution in [2.45, 2.75) is 27.3 Å². The van der Waals surface area contributed by atoms with E-state index in [4.69, 9.17) is 9.26 Å². The van der Waals surface area contributed by atoms with Gasteiger partial charge in [0.2, 0.25) is 0 Å². The Morgan fingerprint density at radius 2 is 1.85 bits per heavy atom. The van der Waals surface area contributed by atoms with Crippen LogP contribution in [0.1, 0.15) is 43.6 Å². The molecule has 0 amide bonds. The van der Waals surface area contributed by atoms with Gasteiger partial charge in [0, 0.05) is 44.5 Å². The zero-order valence-electron chi connectivity index (χ0n) is 16.3. The van der Waals surface area contributed by atoms with Crippen LogP contribution in [0.15, 0.2) is 10.6 Å². The fraction of sp³-hybridized carbons (Fsp3) is 0.526. The molecule has 2 aromatic heterocycles. The van der Waals surface area contributed by atoms with Crippen molar-refractivity contribution < 1.29 is 18.8 Å². The van der Waals surface area contributed by atoms with Crippen LogP contribution < -0.4 is 0 Å². The average Bonchev–Trinajstić information content (AvgIpc) is 3.18. The molecule has 1 fully saturated rings. The number of aromatic nitrogens is 2. The van der Waals surface area contributed by atoms with Crippen LogP contribution in [0.2, 0.25) is 0 Å². The number of rotatable bonds is 6. The summed E-state index contributed by atoms with van der Waals surface area (Å²) >= 11 is 0. The molecule has 0 atom stereocenters. The number of hydrogen-bond donors (Lipinski definition) is 1. The molecule has 3 rings (SSSR count). The van der Waals surface area contributed by atoms with Crippen LogP contribution in [0.4, 0.5) is 0 Å². The predicted molar refractivity (Wildman–Crippen MR) is 98.9 cm³/mol. The normalized spacial score (nSPS) is 15.9. The third kappa shape index (κ3) is 4.28. The van der Waals surface area contributed by atoms with Crippen LogP contribution in [0.3, 0.4) is 0 Å². The Hall–Kier alpha value is -2.45. The van der Waals surface area contributed by atoms with Crippen LogP contribution in [0.5, 0.6) is 0 Å². The highest BCUT2D eigenvalue weighted by molar-refractivity contribution is 6.02. The maximum absolute atomic E-state index is 12.7. The number of aryl methyl sites for hydroxylation is 2. The third-order valence-electron chi connectivity index (χ3n) is 5.00. The van der Waals surface area contributed by atoms with Gasteiger partial charge in [-0.25, -0.2) is 4.79 Å². The van der Waals surface area contributed by atoms with Crippen LogP contribution in [-0.4, -0.2) is 71.5 Å². The number of ketones is 1. The van der Waals surface area contributed by atoms with Crippen molar-refractivity contribution in [3.8, 4) is 0 Å². The van der Waals surface area contributed by atoms with E-state index in [2.05, 4.69) is 19.9 Å². The summed E-state index contributed by atoms with van der Waals surface area (Å²) in [6.45, 7) is 9.90. The number of ether oxygens (including phenoxy) is 1. The zero-order valence-corrected chi connectivity index (χ0v) is 16.3. The maximum atomic E-state index is 12.7. The van der Waals surface area contributed by atoms with Gasteiger partial charge in [-0.3, -0.25) is 14.6 Å².